The van der Waals surface area contributed by atoms with Crippen molar-refractivity contribution in [3.05, 3.63) is 99.1 Å². The van der Waals surface area contributed by atoms with Crippen LogP contribution in [0.3, 0.4) is 0 Å². The van der Waals surface area contributed by atoms with Gasteiger partial charge in [-0.15, -0.1) is 0 Å². The quantitative estimate of drug-likeness (QED) is 0.224. The first-order chi connectivity index (χ1) is 19.8. The molecule has 0 bridgehead atoms. The molecule has 42 heavy (non-hydrogen) atoms. The highest BCUT2D eigenvalue weighted by Crippen LogP contribution is 2.34. The lowest BCUT2D eigenvalue weighted by Gasteiger charge is -2.34. The van der Waals surface area contributed by atoms with Crippen LogP contribution in [-0.4, -0.2) is 62.0 Å². The zero-order valence-corrected chi connectivity index (χ0v) is 25.3. The van der Waals surface area contributed by atoms with Gasteiger partial charge in [0.1, 0.15) is 24.0 Å². The highest BCUT2D eigenvalue weighted by atomic mass is 35.5. The largest absolute Gasteiger partial charge is 0.495 e. The summed E-state index contributed by atoms with van der Waals surface area (Å²) in [4.78, 5) is 39.8. The first kappa shape index (κ1) is 32.4. The van der Waals surface area contributed by atoms with E-state index in [2.05, 4.69) is 5.32 Å². The maximum Gasteiger partial charge on any atom is 0.271 e. The van der Waals surface area contributed by atoms with E-state index in [1.807, 2.05) is 30.3 Å². The number of halogens is 1. The van der Waals surface area contributed by atoms with E-state index in [0.29, 0.717) is 10.6 Å². The first-order valence-electron chi connectivity index (χ1n) is 13.0. The second kappa shape index (κ2) is 14.1. The molecule has 224 valence electrons. The number of benzene rings is 3. The predicted molar refractivity (Wildman–Crippen MR) is 161 cm³/mol. The van der Waals surface area contributed by atoms with Gasteiger partial charge >= 0.3 is 0 Å². The van der Waals surface area contributed by atoms with Gasteiger partial charge in [-0.05, 0) is 43.2 Å². The third kappa shape index (κ3) is 8.67. The Morgan fingerprint density at radius 1 is 1.02 bits per heavy atom. The number of rotatable bonds is 13. The topological polar surface area (TPSA) is 139 Å². The minimum absolute atomic E-state index is 0.0152. The fourth-order valence-electron chi connectivity index (χ4n) is 4.30. The van der Waals surface area contributed by atoms with E-state index in [0.717, 1.165) is 22.2 Å². The smallest absolute Gasteiger partial charge is 0.271 e. The van der Waals surface area contributed by atoms with E-state index >= 15 is 0 Å². The first-order valence-corrected chi connectivity index (χ1v) is 15.2. The number of hydrogen-bond acceptors (Lipinski definition) is 7. The van der Waals surface area contributed by atoms with Crippen LogP contribution in [0.4, 0.5) is 11.4 Å². The van der Waals surface area contributed by atoms with Gasteiger partial charge < -0.3 is 15.0 Å². The van der Waals surface area contributed by atoms with Gasteiger partial charge in [0.15, 0.2) is 0 Å². The van der Waals surface area contributed by atoms with Crippen molar-refractivity contribution in [2.45, 2.75) is 38.9 Å². The van der Waals surface area contributed by atoms with E-state index in [-0.39, 0.29) is 36.1 Å². The van der Waals surface area contributed by atoms with Crippen LogP contribution in [0, 0.1) is 10.1 Å². The Labute approximate surface area is 250 Å². The number of hydrogen-bond donors (Lipinski definition) is 1. The lowest BCUT2D eigenvalue weighted by Crippen LogP contribution is -2.54. The molecule has 0 saturated carbocycles. The summed E-state index contributed by atoms with van der Waals surface area (Å²) in [5.41, 5.74) is 0.876. The zero-order chi connectivity index (χ0) is 31.0. The average molecular weight is 617 g/mol. The Morgan fingerprint density at radius 2 is 1.67 bits per heavy atom. The van der Waals surface area contributed by atoms with Crippen molar-refractivity contribution in [1.29, 1.82) is 0 Å². The maximum atomic E-state index is 14.1. The molecule has 0 aliphatic carbocycles. The summed E-state index contributed by atoms with van der Waals surface area (Å²) in [6.45, 7) is 2.80. The second-order valence-electron chi connectivity index (χ2n) is 9.90. The molecule has 0 aliphatic heterocycles. The Morgan fingerprint density at radius 3 is 2.21 bits per heavy atom. The molecule has 1 atom stereocenters. The summed E-state index contributed by atoms with van der Waals surface area (Å²) in [5.74, 6) is -1.11. The van der Waals surface area contributed by atoms with Crippen LogP contribution >= 0.6 is 11.6 Å². The zero-order valence-electron chi connectivity index (χ0n) is 23.7. The molecule has 0 radical (unpaired) electrons. The average Bonchev–Trinajstić information content (AvgIpc) is 2.93. The number of sulfonamides is 1. The molecule has 3 aromatic carbocycles. The fourth-order valence-corrected chi connectivity index (χ4v) is 5.27. The van der Waals surface area contributed by atoms with E-state index in [1.54, 1.807) is 38.1 Å². The number of nitrogens with one attached hydrogen (secondary N) is 1. The molecule has 0 aromatic heterocycles. The van der Waals surface area contributed by atoms with Crippen molar-refractivity contribution in [2.24, 2.45) is 0 Å². The minimum atomic E-state index is -4.16. The Kier molecular flexibility index (Phi) is 10.9. The van der Waals surface area contributed by atoms with Crippen LogP contribution in [0.25, 0.3) is 0 Å². The lowest BCUT2D eigenvalue weighted by atomic mass is 10.0. The number of nitro benzene ring substituents is 1. The molecule has 3 aromatic rings. The van der Waals surface area contributed by atoms with Gasteiger partial charge in [-0.2, -0.15) is 0 Å². The SMILES string of the molecule is COc1ccc([N+](=O)[O-])cc1N(CC(=O)N(Cc1ccc(Cl)cc1)[C@H](Cc1ccccc1)C(=O)NC(C)C)S(C)(=O)=O. The number of methoxy groups -OCH3 is 1. The Balaban J connectivity index is 2.12. The van der Waals surface area contributed by atoms with E-state index in [1.165, 1.54) is 24.1 Å². The molecule has 0 aliphatic rings. The van der Waals surface area contributed by atoms with Gasteiger partial charge in [0, 0.05) is 36.2 Å². The molecule has 0 saturated heterocycles. The number of carbonyl (C=O) groups excluding carboxylic acids is 2. The molecule has 3 rings (SSSR count). The van der Waals surface area contributed by atoms with Crippen LogP contribution in [0.1, 0.15) is 25.0 Å². The standard InChI is InChI=1S/C29H33ClN4O7S/c1-20(2)31-29(36)26(16-21-8-6-5-7-9-21)32(18-22-10-12-23(30)13-11-22)28(35)19-33(42(4,39)40)25-17-24(34(37)38)14-15-27(25)41-3/h5-15,17,20,26H,16,18-19H2,1-4H3,(H,31,36)/t26-/m1/s1. The van der Waals surface area contributed by atoms with Gasteiger partial charge in [-0.25, -0.2) is 8.42 Å². The number of ether oxygens (including phenoxy) is 1. The summed E-state index contributed by atoms with van der Waals surface area (Å²) in [7, 11) is -2.88. The molecule has 0 heterocycles. The lowest BCUT2D eigenvalue weighted by molar-refractivity contribution is -0.384. The molecule has 0 fully saturated rings. The van der Waals surface area contributed by atoms with Crippen molar-refractivity contribution in [3.63, 3.8) is 0 Å². The third-order valence-corrected chi connectivity index (χ3v) is 7.67. The fraction of sp³-hybridized carbons (Fsp3) is 0.310. The molecular weight excluding hydrogens is 584 g/mol. The summed E-state index contributed by atoms with van der Waals surface area (Å²) in [6.07, 6.45) is 1.03. The molecule has 0 spiro atoms. The number of non-ortho nitro benzene ring substituents is 1. The molecule has 11 nitrogen and oxygen atoms in total. The molecule has 13 heteroatoms. The molecule has 1 N–H and O–H groups in total. The summed E-state index contributed by atoms with van der Waals surface area (Å²) < 4.78 is 32.1. The van der Waals surface area contributed by atoms with E-state index < -0.39 is 39.3 Å². The van der Waals surface area contributed by atoms with Crippen LogP contribution in [0.2, 0.25) is 5.02 Å². The van der Waals surface area contributed by atoms with Crippen LogP contribution in [0.15, 0.2) is 72.8 Å². The minimum Gasteiger partial charge on any atom is -0.495 e. The summed E-state index contributed by atoms with van der Waals surface area (Å²) >= 11 is 6.06. The third-order valence-electron chi connectivity index (χ3n) is 6.29. The highest BCUT2D eigenvalue weighted by molar-refractivity contribution is 7.92. The van der Waals surface area contributed by atoms with Crippen LogP contribution in [-0.2, 0) is 32.6 Å². The van der Waals surface area contributed by atoms with Crippen molar-refractivity contribution in [1.82, 2.24) is 10.2 Å². The normalized spacial score (nSPS) is 12.0. The highest BCUT2D eigenvalue weighted by Gasteiger charge is 2.34. The number of carbonyl (C=O) groups is 2. The Hall–Kier alpha value is -4.16. The predicted octanol–water partition coefficient (Wildman–Crippen LogP) is 4.19. The van der Waals surface area contributed by atoms with Crippen molar-refractivity contribution in [3.8, 4) is 5.75 Å². The molecule has 0 unspecified atom stereocenters. The van der Waals surface area contributed by atoms with Crippen molar-refractivity contribution in [2.75, 3.05) is 24.2 Å². The van der Waals surface area contributed by atoms with Crippen molar-refractivity contribution < 1.29 is 27.7 Å². The summed E-state index contributed by atoms with van der Waals surface area (Å²) in [6, 6.07) is 18.1. The number of nitro groups is 1. The summed E-state index contributed by atoms with van der Waals surface area (Å²) in [5, 5.41) is 14.8. The van der Waals surface area contributed by atoms with Gasteiger partial charge in [-0.3, -0.25) is 24.0 Å². The van der Waals surface area contributed by atoms with Gasteiger partial charge in [-0.1, -0.05) is 54.1 Å². The molecular formula is C29H33ClN4O7S. The van der Waals surface area contributed by atoms with Gasteiger partial charge in [0.25, 0.3) is 5.69 Å². The van der Waals surface area contributed by atoms with Gasteiger partial charge in [0.2, 0.25) is 21.8 Å². The van der Waals surface area contributed by atoms with Crippen molar-refractivity contribution >= 4 is 44.8 Å². The number of nitrogens with zero attached hydrogens (tertiary/aromatic N) is 3. The van der Waals surface area contributed by atoms with Crippen LogP contribution in [0.5, 0.6) is 5.75 Å². The number of anilines is 1. The maximum absolute atomic E-state index is 14.1. The van der Waals surface area contributed by atoms with Gasteiger partial charge in [0.05, 0.1) is 18.3 Å². The van der Waals surface area contributed by atoms with E-state index in [9.17, 15) is 28.1 Å². The number of amides is 2. The Bertz CT molecular complexity index is 1520. The monoisotopic (exact) mass is 616 g/mol. The molecule has 2 amide bonds. The van der Waals surface area contributed by atoms with Crippen LogP contribution < -0.4 is 14.4 Å². The second-order valence-corrected chi connectivity index (χ2v) is 12.2. The van der Waals surface area contributed by atoms with E-state index in [4.69, 9.17) is 16.3 Å².